The molecule has 1 aliphatic rings. The molecule has 5 nitrogen and oxygen atoms in total. The van der Waals surface area contributed by atoms with Gasteiger partial charge in [-0.1, -0.05) is 6.07 Å². The molecule has 1 fully saturated rings. The van der Waals surface area contributed by atoms with Crippen LogP contribution in [0.4, 0.5) is 4.39 Å². The van der Waals surface area contributed by atoms with Gasteiger partial charge in [0.15, 0.2) is 0 Å². The monoisotopic (exact) mass is 356 g/mol. The lowest BCUT2D eigenvalue weighted by molar-refractivity contribution is 0.00613. The number of aromatic nitrogens is 2. The van der Waals surface area contributed by atoms with Crippen molar-refractivity contribution in [2.24, 2.45) is 0 Å². The lowest BCUT2D eigenvalue weighted by Gasteiger charge is -2.22. The fourth-order valence-electron chi connectivity index (χ4n) is 3.57. The molecule has 2 aromatic carbocycles. The first-order valence-electron chi connectivity index (χ1n) is 8.84. The minimum absolute atomic E-state index is 0.0726. The topological polar surface area (TPSA) is 56.2 Å². The number of hydrogen-bond donors (Lipinski definition) is 1. The summed E-state index contributed by atoms with van der Waals surface area (Å²) in [4.78, 5) is 15.3. The Balaban J connectivity index is 1.73. The second-order valence-corrected chi connectivity index (χ2v) is 6.61. The van der Waals surface area contributed by atoms with Crippen molar-refractivity contribution >= 4 is 11.0 Å². The van der Waals surface area contributed by atoms with Crippen LogP contribution in [0.25, 0.3) is 22.2 Å². The molecule has 2 heterocycles. The molecule has 0 amide bonds. The number of methoxy groups -OCH3 is 1. The summed E-state index contributed by atoms with van der Waals surface area (Å²) in [6.07, 6.45) is 3.25. The molecule has 0 aliphatic carbocycles. The highest BCUT2D eigenvalue weighted by Gasteiger charge is 2.18. The maximum Gasteiger partial charge on any atom is 0.326 e. The minimum Gasteiger partial charge on any atom is -0.496 e. The van der Waals surface area contributed by atoms with Crippen molar-refractivity contribution in [2.45, 2.75) is 31.9 Å². The number of imidazole rings is 1. The lowest BCUT2D eigenvalue weighted by atomic mass is 10.0. The number of nitrogens with zero attached hydrogens (tertiary/aromatic N) is 1. The Labute approximate surface area is 150 Å². The predicted octanol–water partition coefficient (Wildman–Crippen LogP) is 3.71. The van der Waals surface area contributed by atoms with Crippen LogP contribution in [0.1, 0.15) is 19.3 Å². The first kappa shape index (κ1) is 16.8. The third kappa shape index (κ3) is 3.12. The highest BCUT2D eigenvalue weighted by atomic mass is 19.1. The highest BCUT2D eigenvalue weighted by Crippen LogP contribution is 2.32. The summed E-state index contributed by atoms with van der Waals surface area (Å²) in [5.74, 6) is 0.254. The van der Waals surface area contributed by atoms with Gasteiger partial charge in [0, 0.05) is 12.2 Å². The molecule has 4 rings (SSSR count). The molecule has 1 unspecified atom stereocenters. The van der Waals surface area contributed by atoms with Crippen molar-refractivity contribution < 1.29 is 13.9 Å². The molecule has 26 heavy (non-hydrogen) atoms. The SMILES string of the molecule is COc1ccc(F)cc1-c1ccc2c(c1)[nH]c(=O)n2CC1CCCCO1. The average molecular weight is 356 g/mol. The van der Waals surface area contributed by atoms with E-state index >= 15 is 0 Å². The molecule has 0 spiro atoms. The molecule has 6 heteroatoms. The molecule has 1 aromatic heterocycles. The standard InChI is InChI=1S/C20H21FN2O3/c1-25-19-8-6-14(21)11-16(19)13-5-7-18-17(10-13)22-20(24)23(18)12-15-4-2-3-9-26-15/h5-8,10-11,15H,2-4,9,12H2,1H3,(H,22,24). The molecule has 1 aliphatic heterocycles. The smallest absolute Gasteiger partial charge is 0.326 e. The summed E-state index contributed by atoms with van der Waals surface area (Å²) in [6, 6.07) is 10.0. The summed E-state index contributed by atoms with van der Waals surface area (Å²) in [6.45, 7) is 1.30. The number of ether oxygens (including phenoxy) is 2. The second kappa shape index (κ2) is 6.96. The van der Waals surface area contributed by atoms with Crippen LogP contribution in [-0.4, -0.2) is 29.4 Å². The zero-order chi connectivity index (χ0) is 18.1. The van der Waals surface area contributed by atoms with E-state index in [1.165, 1.54) is 12.1 Å². The van der Waals surface area contributed by atoms with Crippen molar-refractivity contribution in [2.75, 3.05) is 13.7 Å². The molecule has 136 valence electrons. The Kier molecular flexibility index (Phi) is 4.51. The maximum absolute atomic E-state index is 13.7. The average Bonchev–Trinajstić information content (AvgIpc) is 2.97. The van der Waals surface area contributed by atoms with E-state index in [9.17, 15) is 9.18 Å². The summed E-state index contributed by atoms with van der Waals surface area (Å²) in [7, 11) is 1.55. The molecule has 3 aromatic rings. The van der Waals surface area contributed by atoms with Gasteiger partial charge >= 0.3 is 5.69 Å². The Hall–Kier alpha value is -2.60. The number of benzene rings is 2. The van der Waals surface area contributed by atoms with Crippen LogP contribution in [0, 0.1) is 5.82 Å². The van der Waals surface area contributed by atoms with E-state index in [4.69, 9.17) is 9.47 Å². The molecule has 0 radical (unpaired) electrons. The quantitative estimate of drug-likeness (QED) is 0.775. The number of aromatic amines is 1. The van der Waals surface area contributed by atoms with Crippen molar-refractivity contribution in [3.05, 3.63) is 52.7 Å². The molecule has 1 saturated heterocycles. The zero-order valence-electron chi connectivity index (χ0n) is 14.6. The van der Waals surface area contributed by atoms with Crippen LogP contribution in [-0.2, 0) is 11.3 Å². The molecule has 0 saturated carbocycles. The number of rotatable bonds is 4. The van der Waals surface area contributed by atoms with Gasteiger partial charge in [-0.15, -0.1) is 0 Å². The van der Waals surface area contributed by atoms with Crippen LogP contribution in [0.2, 0.25) is 0 Å². The third-order valence-electron chi connectivity index (χ3n) is 4.91. The van der Waals surface area contributed by atoms with E-state index in [0.717, 1.165) is 42.5 Å². The summed E-state index contributed by atoms with van der Waals surface area (Å²) in [5, 5.41) is 0. The highest BCUT2D eigenvalue weighted by molar-refractivity contribution is 5.83. The van der Waals surface area contributed by atoms with Crippen LogP contribution >= 0.6 is 0 Å². The van der Waals surface area contributed by atoms with Gasteiger partial charge in [-0.25, -0.2) is 9.18 Å². The molecular formula is C20H21FN2O3. The Morgan fingerprint density at radius 2 is 2.15 bits per heavy atom. The minimum atomic E-state index is -0.332. The molecule has 1 atom stereocenters. The first-order valence-corrected chi connectivity index (χ1v) is 8.84. The van der Waals surface area contributed by atoms with E-state index in [1.54, 1.807) is 17.7 Å². The maximum atomic E-state index is 13.7. The Morgan fingerprint density at radius 3 is 2.92 bits per heavy atom. The van der Waals surface area contributed by atoms with Crippen molar-refractivity contribution in [1.29, 1.82) is 0 Å². The first-order chi connectivity index (χ1) is 12.7. The van der Waals surface area contributed by atoms with Gasteiger partial charge in [0.2, 0.25) is 0 Å². The van der Waals surface area contributed by atoms with Gasteiger partial charge in [-0.05, 0) is 55.2 Å². The Morgan fingerprint density at radius 1 is 1.27 bits per heavy atom. The van der Waals surface area contributed by atoms with Crippen LogP contribution in [0.15, 0.2) is 41.2 Å². The van der Waals surface area contributed by atoms with Crippen molar-refractivity contribution in [3.63, 3.8) is 0 Å². The van der Waals surface area contributed by atoms with Crippen molar-refractivity contribution in [1.82, 2.24) is 9.55 Å². The zero-order valence-corrected chi connectivity index (χ0v) is 14.6. The summed E-state index contributed by atoms with van der Waals surface area (Å²) in [5.41, 5.74) is 2.82. The van der Waals surface area contributed by atoms with Gasteiger partial charge in [-0.3, -0.25) is 4.57 Å². The van der Waals surface area contributed by atoms with Crippen LogP contribution in [0.3, 0.4) is 0 Å². The summed E-state index contributed by atoms with van der Waals surface area (Å²) < 4.78 is 26.5. The normalized spacial score (nSPS) is 17.5. The number of H-pyrrole nitrogens is 1. The van der Waals surface area contributed by atoms with Gasteiger partial charge in [0.25, 0.3) is 0 Å². The van der Waals surface area contributed by atoms with Gasteiger partial charge in [0.1, 0.15) is 11.6 Å². The second-order valence-electron chi connectivity index (χ2n) is 6.61. The fourth-order valence-corrected chi connectivity index (χ4v) is 3.57. The van der Waals surface area contributed by atoms with E-state index in [-0.39, 0.29) is 17.6 Å². The summed E-state index contributed by atoms with van der Waals surface area (Å²) >= 11 is 0. The fraction of sp³-hybridized carbons (Fsp3) is 0.350. The van der Waals surface area contributed by atoms with Gasteiger partial charge in [-0.2, -0.15) is 0 Å². The van der Waals surface area contributed by atoms with E-state index in [0.29, 0.717) is 17.9 Å². The number of nitrogens with one attached hydrogen (secondary N) is 1. The van der Waals surface area contributed by atoms with Crippen LogP contribution in [0.5, 0.6) is 5.75 Å². The number of hydrogen-bond acceptors (Lipinski definition) is 3. The Bertz CT molecular complexity index is 986. The van der Waals surface area contributed by atoms with Crippen molar-refractivity contribution in [3.8, 4) is 16.9 Å². The third-order valence-corrected chi connectivity index (χ3v) is 4.91. The number of fused-ring (bicyclic) bond motifs is 1. The molecular weight excluding hydrogens is 335 g/mol. The predicted molar refractivity (Wildman–Crippen MR) is 98.1 cm³/mol. The van der Waals surface area contributed by atoms with E-state index in [2.05, 4.69) is 4.98 Å². The van der Waals surface area contributed by atoms with E-state index < -0.39 is 0 Å². The van der Waals surface area contributed by atoms with Gasteiger partial charge in [0.05, 0.1) is 30.8 Å². The van der Waals surface area contributed by atoms with E-state index in [1.807, 2.05) is 18.2 Å². The van der Waals surface area contributed by atoms with Gasteiger partial charge < -0.3 is 14.5 Å². The number of halogens is 1. The lowest BCUT2D eigenvalue weighted by Crippen LogP contribution is -2.29. The largest absolute Gasteiger partial charge is 0.496 e. The molecule has 0 bridgehead atoms. The van der Waals surface area contributed by atoms with Crippen LogP contribution < -0.4 is 10.4 Å². The molecule has 1 N–H and O–H groups in total.